The molecule has 0 bridgehead atoms. The summed E-state index contributed by atoms with van der Waals surface area (Å²) in [5.41, 5.74) is 4.80. The Morgan fingerprint density at radius 1 is 0.955 bits per heavy atom. The van der Waals surface area contributed by atoms with Crippen molar-refractivity contribution >= 4 is 38.4 Å². The van der Waals surface area contributed by atoms with Crippen LogP contribution in [0, 0.1) is 24.8 Å². The van der Waals surface area contributed by atoms with E-state index in [2.05, 4.69) is 57.2 Å². The average molecular weight is 769 g/mol. The van der Waals surface area contributed by atoms with Crippen LogP contribution in [0.2, 0.25) is 0 Å². The number of rotatable bonds is 8. The fourth-order valence-corrected chi connectivity index (χ4v) is 6.04. The Morgan fingerprint density at radius 3 is 2.30 bits per heavy atom. The molecule has 0 amide bonds. The molecule has 1 aliphatic heterocycles. The predicted octanol–water partition coefficient (Wildman–Crippen LogP) is 11.0. The fourth-order valence-electron chi connectivity index (χ4n) is 6.04. The number of allylic oxidation sites excluding steroid dienone is 2. The minimum absolute atomic E-state index is 0. The zero-order valence-electron chi connectivity index (χ0n) is 26.7. The van der Waals surface area contributed by atoms with Gasteiger partial charge < -0.3 is 14.3 Å². The van der Waals surface area contributed by atoms with Gasteiger partial charge >= 0.3 is 0 Å². The van der Waals surface area contributed by atoms with Gasteiger partial charge in [0.1, 0.15) is 5.75 Å². The molecule has 0 atom stereocenters. The molecule has 2 aromatic heterocycles. The molecule has 1 radical (unpaired) electrons. The zero-order chi connectivity index (χ0) is 30.8. The second kappa shape index (κ2) is 14.1. The molecule has 0 spiro atoms. The van der Waals surface area contributed by atoms with Gasteiger partial charge in [0.25, 0.3) is 0 Å². The average Bonchev–Trinajstić information content (AvgIpc) is 3.48. The van der Waals surface area contributed by atoms with Crippen molar-refractivity contribution in [2.45, 2.75) is 80.1 Å². The number of aliphatic hydroxyl groups excluding tert-OH is 1. The number of aryl methyl sites for hydroxylation is 1. The number of hydrogen-bond acceptors (Lipinski definition) is 5. The van der Waals surface area contributed by atoms with Gasteiger partial charge in [-0.1, -0.05) is 82.3 Å². The van der Waals surface area contributed by atoms with E-state index in [0.29, 0.717) is 11.6 Å². The zero-order valence-corrected chi connectivity index (χ0v) is 29.1. The number of fused-ring (bicyclic) bond motifs is 5. The topological polar surface area (TPSA) is 72.6 Å². The summed E-state index contributed by atoms with van der Waals surface area (Å²) in [5.74, 6) is 2.65. The number of aromatic nitrogens is 1. The first-order valence-electron chi connectivity index (χ1n) is 15.6. The van der Waals surface area contributed by atoms with Crippen LogP contribution < -0.4 is 4.74 Å². The monoisotopic (exact) mass is 769 g/mol. The number of carbonyl (C=O) groups is 1. The van der Waals surface area contributed by atoms with Crippen LogP contribution in [0.1, 0.15) is 84.3 Å². The molecule has 44 heavy (non-hydrogen) atoms. The maximum atomic E-state index is 11.7. The Morgan fingerprint density at radius 2 is 1.64 bits per heavy atom. The molecule has 233 valence electrons. The number of benzene rings is 3. The van der Waals surface area contributed by atoms with E-state index in [1.807, 2.05) is 39.8 Å². The maximum Gasteiger partial charge on any atom is 0.219 e. The van der Waals surface area contributed by atoms with Gasteiger partial charge in [-0.3, -0.25) is 9.78 Å². The first-order valence-corrected chi connectivity index (χ1v) is 15.6. The molecule has 0 aliphatic carbocycles. The van der Waals surface area contributed by atoms with Crippen LogP contribution >= 0.6 is 0 Å². The van der Waals surface area contributed by atoms with Gasteiger partial charge in [-0.2, -0.15) is 0 Å². The molecule has 0 unspecified atom stereocenters. The summed E-state index contributed by atoms with van der Waals surface area (Å²) < 4.78 is 12.2. The van der Waals surface area contributed by atoms with Crippen LogP contribution in [0.25, 0.3) is 43.9 Å². The standard InChI is InChI=1S/C25H18NO2.C13H24O2.Ir/c1-13(2)16-11-19-18-8-9-27-25(18)26-23-20-10-15-6-4-5-7-17(15)14(3)24(20)28-21(12-16)22(19)23;1-5-10(6-2)12(14)9-13(15)11(7-3)8-4;/h4-9,11-13H,1-3H3;9-11,14H,5-8H2,1-4H3;/q-1;;/b;12-9-;. The molecule has 6 heteroatoms. The molecule has 0 fully saturated rings. The number of nitrogens with zero attached hydrogens (tertiary/aromatic N) is 1. The van der Waals surface area contributed by atoms with Gasteiger partial charge in [0.15, 0.2) is 5.78 Å². The number of furan rings is 1. The SMILES string of the molecule is CCC(CC)C(=O)/C=C(\O)C(CC)CC.Cc1c2c([c-]c3ccccc13)-c1nc3occc3c3cc(C(C)C)cc(c13)O2.[Ir]. The van der Waals surface area contributed by atoms with Crippen molar-refractivity contribution < 1.29 is 39.2 Å². The maximum absolute atomic E-state index is 11.7. The summed E-state index contributed by atoms with van der Waals surface area (Å²) in [6, 6.07) is 18.2. The van der Waals surface area contributed by atoms with Crippen molar-refractivity contribution in [1.29, 1.82) is 0 Å². The van der Waals surface area contributed by atoms with Crippen LogP contribution in [-0.2, 0) is 24.9 Å². The minimum Gasteiger partial charge on any atom is -0.512 e. The number of pyridine rings is 1. The fraction of sp³-hybridized carbons (Fsp3) is 0.368. The Bertz CT molecular complexity index is 1830. The third-order valence-corrected chi connectivity index (χ3v) is 8.87. The summed E-state index contributed by atoms with van der Waals surface area (Å²) in [6.45, 7) is 14.6. The van der Waals surface area contributed by atoms with E-state index in [0.717, 1.165) is 80.9 Å². The quantitative estimate of drug-likeness (QED) is 0.0948. The Balaban J connectivity index is 0.000000239. The minimum atomic E-state index is 0. The number of aliphatic hydroxyl groups is 1. The molecule has 6 rings (SSSR count). The molecule has 0 saturated carbocycles. The first kappa shape index (κ1) is 33.4. The van der Waals surface area contributed by atoms with Crippen molar-refractivity contribution in [2.24, 2.45) is 11.8 Å². The molecule has 1 N–H and O–H groups in total. The van der Waals surface area contributed by atoms with Gasteiger partial charge in [-0.15, -0.1) is 17.5 Å². The van der Waals surface area contributed by atoms with Crippen molar-refractivity contribution in [3.8, 4) is 22.8 Å². The van der Waals surface area contributed by atoms with E-state index in [4.69, 9.17) is 14.1 Å². The third-order valence-electron chi connectivity index (χ3n) is 8.87. The normalized spacial score (nSPS) is 12.4. The number of ether oxygens (including phenoxy) is 1. The predicted molar refractivity (Wildman–Crippen MR) is 176 cm³/mol. The van der Waals surface area contributed by atoms with E-state index in [1.165, 1.54) is 11.6 Å². The molecular formula is C38H42IrNO4-. The van der Waals surface area contributed by atoms with Crippen LogP contribution in [0.4, 0.5) is 0 Å². The molecular weight excluding hydrogens is 727 g/mol. The van der Waals surface area contributed by atoms with Gasteiger partial charge in [0.05, 0.1) is 17.8 Å². The summed E-state index contributed by atoms with van der Waals surface area (Å²) >= 11 is 0. The Hall–Kier alpha value is -3.47. The van der Waals surface area contributed by atoms with E-state index in [1.54, 1.807) is 6.26 Å². The molecule has 3 heterocycles. The van der Waals surface area contributed by atoms with E-state index in [-0.39, 0.29) is 43.5 Å². The molecule has 3 aromatic carbocycles. The van der Waals surface area contributed by atoms with Gasteiger partial charge in [0.2, 0.25) is 5.71 Å². The molecule has 5 aromatic rings. The van der Waals surface area contributed by atoms with Crippen molar-refractivity contribution in [1.82, 2.24) is 4.98 Å². The van der Waals surface area contributed by atoms with Crippen LogP contribution in [0.15, 0.2) is 65.0 Å². The summed E-state index contributed by atoms with van der Waals surface area (Å²) in [6.07, 6.45) is 6.61. The van der Waals surface area contributed by atoms with Crippen molar-refractivity contribution in [3.05, 3.63) is 77.8 Å². The number of hydrogen-bond donors (Lipinski definition) is 1. The number of carbonyl (C=O) groups excluding carboxylic acids is 1. The van der Waals surface area contributed by atoms with E-state index in [9.17, 15) is 9.90 Å². The Labute approximate surface area is 274 Å². The number of ketones is 1. The van der Waals surface area contributed by atoms with Gasteiger partial charge in [-0.25, -0.2) is 0 Å². The Kier molecular flexibility index (Phi) is 10.7. The second-order valence-electron chi connectivity index (χ2n) is 11.8. The molecule has 1 aliphatic rings. The van der Waals surface area contributed by atoms with E-state index < -0.39 is 0 Å². The van der Waals surface area contributed by atoms with Crippen LogP contribution in [0.3, 0.4) is 0 Å². The largest absolute Gasteiger partial charge is 0.512 e. The van der Waals surface area contributed by atoms with Gasteiger partial charge in [0, 0.05) is 54.5 Å². The third kappa shape index (κ3) is 6.20. The smallest absolute Gasteiger partial charge is 0.219 e. The van der Waals surface area contributed by atoms with Crippen LogP contribution in [-0.4, -0.2) is 15.9 Å². The molecule has 5 nitrogen and oxygen atoms in total. The van der Waals surface area contributed by atoms with Crippen molar-refractivity contribution in [2.75, 3.05) is 0 Å². The second-order valence-corrected chi connectivity index (χ2v) is 11.8. The molecule has 0 saturated heterocycles. The summed E-state index contributed by atoms with van der Waals surface area (Å²) in [5, 5.41) is 15.2. The first-order chi connectivity index (χ1) is 20.7. The van der Waals surface area contributed by atoms with Crippen LogP contribution in [0.5, 0.6) is 11.5 Å². The van der Waals surface area contributed by atoms with E-state index >= 15 is 0 Å². The summed E-state index contributed by atoms with van der Waals surface area (Å²) in [7, 11) is 0. The van der Waals surface area contributed by atoms with Gasteiger partial charge in [-0.05, 0) is 61.6 Å². The summed E-state index contributed by atoms with van der Waals surface area (Å²) in [4.78, 5) is 16.6. The van der Waals surface area contributed by atoms with Crippen molar-refractivity contribution in [3.63, 3.8) is 0 Å².